The van der Waals surface area contributed by atoms with Crippen molar-refractivity contribution in [1.82, 2.24) is 5.32 Å². The Morgan fingerprint density at radius 3 is 3.07 bits per heavy atom. The van der Waals surface area contributed by atoms with Crippen LogP contribution in [0.2, 0.25) is 0 Å². The Kier molecular flexibility index (Phi) is 2.40. The second kappa shape index (κ2) is 3.43. The Hall–Kier alpha value is -0.760. The van der Waals surface area contributed by atoms with Crippen LogP contribution in [0.4, 0.5) is 0 Å². The van der Waals surface area contributed by atoms with Crippen LogP contribution >= 0.6 is 0 Å². The van der Waals surface area contributed by atoms with Gasteiger partial charge in [-0.05, 0) is 36.9 Å². The van der Waals surface area contributed by atoms with Gasteiger partial charge in [0.05, 0.1) is 6.26 Å². The Balaban J connectivity index is 2.33. The number of aryl methyl sites for hydroxylation is 1. The van der Waals surface area contributed by atoms with Crippen molar-refractivity contribution in [2.75, 3.05) is 13.6 Å². The number of hydrogen-bond acceptors (Lipinski definition) is 2. The van der Waals surface area contributed by atoms with Gasteiger partial charge in [-0.2, -0.15) is 0 Å². The predicted octanol–water partition coefficient (Wildman–Crippen LogP) is 2.56. The van der Waals surface area contributed by atoms with E-state index in [0.717, 1.165) is 6.54 Å². The van der Waals surface area contributed by atoms with E-state index in [-0.39, 0.29) is 0 Å². The Morgan fingerprint density at radius 2 is 2.36 bits per heavy atom. The largest absolute Gasteiger partial charge is 0.469 e. The van der Waals surface area contributed by atoms with Crippen molar-refractivity contribution >= 4 is 0 Å². The van der Waals surface area contributed by atoms with Gasteiger partial charge in [0, 0.05) is 12.5 Å². The molecule has 2 nitrogen and oxygen atoms in total. The third kappa shape index (κ3) is 1.48. The summed E-state index contributed by atoms with van der Waals surface area (Å²) in [5.41, 5.74) is 1.76. The summed E-state index contributed by atoms with van der Waals surface area (Å²) in [5, 5.41) is 3.26. The highest BCUT2D eigenvalue weighted by Crippen LogP contribution is 2.44. The Labute approximate surface area is 85.7 Å². The van der Waals surface area contributed by atoms with Crippen LogP contribution in [0.1, 0.15) is 37.5 Å². The molecule has 78 valence electrons. The summed E-state index contributed by atoms with van der Waals surface area (Å²) in [7, 11) is 2.01. The second-order valence-corrected chi connectivity index (χ2v) is 4.91. The van der Waals surface area contributed by atoms with E-state index in [2.05, 4.69) is 25.2 Å². The normalized spacial score (nSPS) is 24.6. The smallest absolute Gasteiger partial charge is 0.111 e. The first-order chi connectivity index (χ1) is 6.65. The van der Waals surface area contributed by atoms with E-state index in [1.54, 1.807) is 0 Å². The van der Waals surface area contributed by atoms with Crippen LogP contribution < -0.4 is 5.32 Å². The molecule has 1 aromatic heterocycles. The maximum Gasteiger partial charge on any atom is 0.111 e. The Bertz CT molecular complexity index is 314. The average molecular weight is 193 g/mol. The number of likely N-dealkylation sites (N-methyl/N-ethyl adjacent to an activating group) is 1. The van der Waals surface area contributed by atoms with Gasteiger partial charge in [-0.1, -0.05) is 13.8 Å². The molecule has 1 aliphatic carbocycles. The molecule has 0 spiro atoms. The molecule has 0 amide bonds. The average Bonchev–Trinajstić information content (AvgIpc) is 2.58. The molecule has 2 heteroatoms. The molecule has 1 atom stereocenters. The first-order valence-electron chi connectivity index (χ1n) is 5.36. The summed E-state index contributed by atoms with van der Waals surface area (Å²) in [6.07, 6.45) is 4.25. The molecule has 0 saturated carbocycles. The number of furan rings is 1. The third-order valence-corrected chi connectivity index (χ3v) is 3.49. The summed E-state index contributed by atoms with van der Waals surface area (Å²) < 4.78 is 5.62. The van der Waals surface area contributed by atoms with Gasteiger partial charge in [-0.3, -0.25) is 0 Å². The van der Waals surface area contributed by atoms with Crippen LogP contribution in [-0.4, -0.2) is 13.6 Å². The lowest BCUT2D eigenvalue weighted by molar-refractivity contribution is 0.211. The maximum atomic E-state index is 5.62. The molecule has 0 saturated heterocycles. The zero-order chi connectivity index (χ0) is 10.2. The van der Waals surface area contributed by atoms with Crippen molar-refractivity contribution in [2.45, 2.75) is 32.6 Å². The van der Waals surface area contributed by atoms with Crippen LogP contribution in [0.3, 0.4) is 0 Å². The lowest BCUT2D eigenvalue weighted by Crippen LogP contribution is -2.33. The van der Waals surface area contributed by atoms with E-state index in [1.807, 2.05) is 13.3 Å². The number of nitrogens with one attached hydrogen (secondary N) is 1. The SMILES string of the molecule is CNCC1c2occc2CCC1(C)C. The molecular formula is C12H19NO. The van der Waals surface area contributed by atoms with Gasteiger partial charge in [0.25, 0.3) is 0 Å². The first-order valence-corrected chi connectivity index (χ1v) is 5.36. The minimum atomic E-state index is 0.355. The maximum absolute atomic E-state index is 5.62. The molecule has 2 rings (SSSR count). The standard InChI is InChI=1S/C12H19NO/c1-12(2)6-4-9-5-7-14-11(9)10(12)8-13-3/h5,7,10,13H,4,6,8H2,1-3H3. The van der Waals surface area contributed by atoms with Gasteiger partial charge in [0.15, 0.2) is 0 Å². The molecule has 1 N–H and O–H groups in total. The third-order valence-electron chi connectivity index (χ3n) is 3.49. The topological polar surface area (TPSA) is 25.2 Å². The van der Waals surface area contributed by atoms with Gasteiger partial charge in [-0.25, -0.2) is 0 Å². The minimum absolute atomic E-state index is 0.355. The van der Waals surface area contributed by atoms with E-state index >= 15 is 0 Å². The number of hydrogen-bond donors (Lipinski definition) is 1. The van der Waals surface area contributed by atoms with Gasteiger partial charge >= 0.3 is 0 Å². The molecule has 0 aromatic carbocycles. The number of fused-ring (bicyclic) bond motifs is 1. The Morgan fingerprint density at radius 1 is 1.57 bits per heavy atom. The summed E-state index contributed by atoms with van der Waals surface area (Å²) in [6, 6.07) is 2.12. The first kappa shape index (κ1) is 9.78. The minimum Gasteiger partial charge on any atom is -0.469 e. The van der Waals surface area contributed by atoms with Crippen LogP contribution in [0, 0.1) is 5.41 Å². The second-order valence-electron chi connectivity index (χ2n) is 4.91. The fourth-order valence-corrected chi connectivity index (χ4v) is 2.42. The highest BCUT2D eigenvalue weighted by Gasteiger charge is 2.37. The molecule has 1 heterocycles. The van der Waals surface area contributed by atoms with Crippen LogP contribution in [0.15, 0.2) is 16.7 Å². The van der Waals surface area contributed by atoms with Crippen molar-refractivity contribution < 1.29 is 4.42 Å². The van der Waals surface area contributed by atoms with E-state index < -0.39 is 0 Å². The molecule has 14 heavy (non-hydrogen) atoms. The van der Waals surface area contributed by atoms with Gasteiger partial charge in [0.1, 0.15) is 5.76 Å². The van der Waals surface area contributed by atoms with Gasteiger partial charge < -0.3 is 9.73 Å². The zero-order valence-corrected chi connectivity index (χ0v) is 9.26. The molecule has 1 aromatic rings. The fourth-order valence-electron chi connectivity index (χ4n) is 2.42. The van der Waals surface area contributed by atoms with Crippen molar-refractivity contribution in [3.8, 4) is 0 Å². The molecule has 0 aliphatic heterocycles. The molecule has 0 fully saturated rings. The van der Waals surface area contributed by atoms with Crippen LogP contribution in [-0.2, 0) is 6.42 Å². The van der Waals surface area contributed by atoms with Crippen molar-refractivity contribution in [1.29, 1.82) is 0 Å². The summed E-state index contributed by atoms with van der Waals surface area (Å²) >= 11 is 0. The van der Waals surface area contributed by atoms with Crippen molar-refractivity contribution in [3.05, 3.63) is 23.7 Å². The summed E-state index contributed by atoms with van der Waals surface area (Å²) in [6.45, 7) is 5.68. The van der Waals surface area contributed by atoms with Crippen LogP contribution in [0.25, 0.3) is 0 Å². The highest BCUT2D eigenvalue weighted by molar-refractivity contribution is 5.26. The van der Waals surface area contributed by atoms with Gasteiger partial charge in [-0.15, -0.1) is 0 Å². The highest BCUT2D eigenvalue weighted by atomic mass is 16.3. The molecular weight excluding hydrogens is 174 g/mol. The lowest BCUT2D eigenvalue weighted by Gasteiger charge is -2.37. The van der Waals surface area contributed by atoms with Crippen molar-refractivity contribution in [3.63, 3.8) is 0 Å². The molecule has 0 radical (unpaired) electrons. The van der Waals surface area contributed by atoms with E-state index in [9.17, 15) is 0 Å². The number of rotatable bonds is 2. The summed E-state index contributed by atoms with van der Waals surface area (Å²) in [5.74, 6) is 1.72. The van der Waals surface area contributed by atoms with Gasteiger partial charge in [0.2, 0.25) is 0 Å². The fraction of sp³-hybridized carbons (Fsp3) is 0.667. The predicted molar refractivity (Wildman–Crippen MR) is 57.5 cm³/mol. The summed E-state index contributed by atoms with van der Waals surface area (Å²) in [4.78, 5) is 0. The quantitative estimate of drug-likeness (QED) is 0.781. The van der Waals surface area contributed by atoms with E-state index in [1.165, 1.54) is 24.2 Å². The van der Waals surface area contributed by atoms with E-state index in [4.69, 9.17) is 4.42 Å². The zero-order valence-electron chi connectivity index (χ0n) is 9.26. The van der Waals surface area contributed by atoms with Crippen molar-refractivity contribution in [2.24, 2.45) is 5.41 Å². The molecule has 1 unspecified atom stereocenters. The molecule has 1 aliphatic rings. The lowest BCUT2D eigenvalue weighted by atomic mass is 9.69. The molecule has 0 bridgehead atoms. The van der Waals surface area contributed by atoms with E-state index in [0.29, 0.717) is 11.3 Å². The monoisotopic (exact) mass is 193 g/mol. The van der Waals surface area contributed by atoms with Crippen LogP contribution in [0.5, 0.6) is 0 Å².